The van der Waals surface area contributed by atoms with Crippen LogP contribution in [-0.2, 0) is 14.9 Å². The lowest BCUT2D eigenvalue weighted by atomic mass is 9.66. The molecule has 1 spiro atoms. The van der Waals surface area contributed by atoms with Crippen LogP contribution in [0, 0.1) is 5.82 Å². The Bertz CT molecular complexity index is 1340. The number of anilines is 6. The normalized spacial score (nSPS) is 18.6. The molecular formula is C28H30ClFN6O2. The predicted octanol–water partition coefficient (Wildman–Crippen LogP) is 5.34. The molecule has 1 atom stereocenters. The van der Waals surface area contributed by atoms with E-state index in [0.29, 0.717) is 12.2 Å². The van der Waals surface area contributed by atoms with E-state index in [1.54, 1.807) is 11.8 Å². The van der Waals surface area contributed by atoms with E-state index in [9.17, 15) is 9.18 Å². The van der Waals surface area contributed by atoms with Gasteiger partial charge in [-0.3, -0.25) is 4.79 Å². The maximum atomic E-state index is 14.7. The fourth-order valence-corrected chi connectivity index (χ4v) is 5.67. The summed E-state index contributed by atoms with van der Waals surface area (Å²) in [6.07, 6.45) is 4.39. The fourth-order valence-electron chi connectivity index (χ4n) is 5.55. The van der Waals surface area contributed by atoms with E-state index in [4.69, 9.17) is 16.3 Å². The molecule has 1 saturated carbocycles. The maximum absolute atomic E-state index is 14.7. The Labute approximate surface area is 226 Å². The third-order valence-electron chi connectivity index (χ3n) is 7.74. The number of aromatic nitrogens is 2. The third-order valence-corrected chi connectivity index (χ3v) is 7.93. The molecule has 3 aromatic rings. The van der Waals surface area contributed by atoms with E-state index in [1.165, 1.54) is 0 Å². The second-order valence-corrected chi connectivity index (χ2v) is 10.8. The van der Waals surface area contributed by atoms with Gasteiger partial charge in [-0.05, 0) is 61.7 Å². The average molecular weight is 537 g/mol. The van der Waals surface area contributed by atoms with E-state index in [2.05, 4.69) is 25.5 Å². The van der Waals surface area contributed by atoms with Gasteiger partial charge in [-0.1, -0.05) is 12.5 Å². The van der Waals surface area contributed by atoms with Gasteiger partial charge in [0.15, 0.2) is 11.6 Å². The number of ether oxygens (including phenoxy) is 1. The number of amides is 1. The predicted molar refractivity (Wildman–Crippen MR) is 148 cm³/mol. The Morgan fingerprint density at radius 2 is 1.84 bits per heavy atom. The molecule has 2 fully saturated rings. The number of carbonyl (C=O) groups is 1. The Balaban J connectivity index is 1.20. The molecule has 1 saturated heterocycles. The summed E-state index contributed by atoms with van der Waals surface area (Å²) in [6, 6.07) is 13.8. The number of rotatable bonds is 6. The molecule has 3 heterocycles. The molecule has 2 N–H and O–H groups in total. The van der Waals surface area contributed by atoms with Crippen LogP contribution in [0.1, 0.15) is 31.7 Å². The molecule has 38 heavy (non-hydrogen) atoms. The van der Waals surface area contributed by atoms with E-state index in [1.807, 2.05) is 42.5 Å². The monoisotopic (exact) mass is 536 g/mol. The van der Waals surface area contributed by atoms with E-state index >= 15 is 0 Å². The summed E-state index contributed by atoms with van der Waals surface area (Å²) in [4.78, 5) is 25.4. The van der Waals surface area contributed by atoms with Crippen LogP contribution >= 0.6 is 11.6 Å². The van der Waals surface area contributed by atoms with Crippen LogP contribution in [0.4, 0.5) is 38.9 Å². The molecule has 1 amide bonds. The third kappa shape index (κ3) is 4.65. The van der Waals surface area contributed by atoms with Gasteiger partial charge in [-0.15, -0.1) is 11.6 Å². The Kier molecular flexibility index (Phi) is 6.57. The van der Waals surface area contributed by atoms with Gasteiger partial charge in [0.1, 0.15) is 5.38 Å². The molecule has 0 radical (unpaired) electrons. The lowest BCUT2D eigenvalue weighted by molar-refractivity contribution is -0.118. The van der Waals surface area contributed by atoms with Crippen molar-refractivity contribution < 1.29 is 13.9 Å². The SMILES string of the molecule is CC(Cl)C(=O)N1CC2(CCC2)c2ccc(Nc3nc(Nc4ccc(N5CCOCC5)cc4)ncc3F)cc21. The molecule has 2 aliphatic heterocycles. The molecule has 8 nitrogen and oxygen atoms in total. The quantitative estimate of drug-likeness (QED) is 0.412. The topological polar surface area (TPSA) is 82.6 Å². The minimum atomic E-state index is -0.620. The van der Waals surface area contributed by atoms with Crippen molar-refractivity contribution in [1.29, 1.82) is 0 Å². The molecule has 6 rings (SSSR count). The Morgan fingerprint density at radius 3 is 2.53 bits per heavy atom. The highest BCUT2D eigenvalue weighted by atomic mass is 35.5. The van der Waals surface area contributed by atoms with Crippen molar-refractivity contribution >= 4 is 52.0 Å². The lowest BCUT2D eigenvalue weighted by Gasteiger charge is -2.39. The molecule has 2 aromatic carbocycles. The first-order chi connectivity index (χ1) is 18.4. The summed E-state index contributed by atoms with van der Waals surface area (Å²) in [5, 5.41) is 5.61. The number of nitrogens with one attached hydrogen (secondary N) is 2. The van der Waals surface area contributed by atoms with Gasteiger partial charge in [0.25, 0.3) is 0 Å². The van der Waals surface area contributed by atoms with Gasteiger partial charge in [0.2, 0.25) is 11.9 Å². The second-order valence-electron chi connectivity index (χ2n) is 10.2. The molecular weight excluding hydrogens is 507 g/mol. The summed E-state index contributed by atoms with van der Waals surface area (Å²) < 4.78 is 20.1. The Morgan fingerprint density at radius 1 is 1.11 bits per heavy atom. The van der Waals surface area contributed by atoms with Crippen molar-refractivity contribution in [2.75, 3.05) is 53.3 Å². The molecule has 1 aromatic heterocycles. The highest BCUT2D eigenvalue weighted by Crippen LogP contribution is 2.53. The zero-order valence-electron chi connectivity index (χ0n) is 21.2. The number of benzene rings is 2. The summed E-state index contributed by atoms with van der Waals surface area (Å²) in [6.45, 7) is 5.52. The number of fused-ring (bicyclic) bond motifs is 2. The molecule has 0 bridgehead atoms. The first kappa shape index (κ1) is 24.9. The summed E-state index contributed by atoms with van der Waals surface area (Å²) in [5.74, 6) is -0.368. The first-order valence-electron chi connectivity index (χ1n) is 13.0. The van der Waals surface area contributed by atoms with Crippen LogP contribution < -0.4 is 20.4 Å². The van der Waals surface area contributed by atoms with Crippen molar-refractivity contribution in [3.63, 3.8) is 0 Å². The van der Waals surface area contributed by atoms with Crippen molar-refractivity contribution in [2.45, 2.75) is 37.0 Å². The molecule has 1 aliphatic carbocycles. The van der Waals surface area contributed by atoms with Crippen molar-refractivity contribution in [3.8, 4) is 0 Å². The highest BCUT2D eigenvalue weighted by molar-refractivity contribution is 6.32. The fraction of sp³-hybridized carbons (Fsp3) is 0.393. The second kappa shape index (κ2) is 10.0. The minimum absolute atomic E-state index is 0.00385. The maximum Gasteiger partial charge on any atom is 0.244 e. The van der Waals surface area contributed by atoms with Gasteiger partial charge in [0.05, 0.1) is 19.4 Å². The summed E-state index contributed by atoms with van der Waals surface area (Å²) in [5.41, 5.74) is 4.55. The number of morpholine rings is 1. The van der Waals surface area contributed by atoms with Crippen molar-refractivity contribution in [3.05, 3.63) is 60.0 Å². The van der Waals surface area contributed by atoms with Gasteiger partial charge in [0, 0.05) is 47.8 Å². The zero-order chi connectivity index (χ0) is 26.3. The highest BCUT2D eigenvalue weighted by Gasteiger charge is 2.48. The van der Waals surface area contributed by atoms with Crippen LogP contribution in [0.25, 0.3) is 0 Å². The standard InChI is InChI=1S/C28H30ClFN6O2/c1-18(29)26(37)36-17-28(9-2-10-28)22-8-5-20(15-24(22)36)32-25-23(30)16-31-27(34-25)33-19-3-6-21(7-4-19)35-11-13-38-14-12-35/h3-8,15-16,18H,2,9-14,17H2,1H3,(H2,31,32,33,34). The van der Waals surface area contributed by atoms with Crippen molar-refractivity contribution in [1.82, 2.24) is 9.97 Å². The number of hydrogen-bond acceptors (Lipinski definition) is 7. The van der Waals surface area contributed by atoms with Crippen LogP contribution in [0.5, 0.6) is 0 Å². The van der Waals surface area contributed by atoms with Gasteiger partial charge in [-0.25, -0.2) is 9.37 Å². The number of halogens is 2. The van der Waals surface area contributed by atoms with Crippen LogP contribution in [0.15, 0.2) is 48.7 Å². The van der Waals surface area contributed by atoms with Gasteiger partial charge < -0.3 is 25.2 Å². The van der Waals surface area contributed by atoms with Gasteiger partial charge in [-0.2, -0.15) is 4.98 Å². The van der Waals surface area contributed by atoms with Crippen LogP contribution in [0.3, 0.4) is 0 Å². The number of hydrogen-bond donors (Lipinski definition) is 2. The van der Waals surface area contributed by atoms with E-state index in [0.717, 1.165) is 74.4 Å². The van der Waals surface area contributed by atoms with E-state index < -0.39 is 11.2 Å². The Hall–Kier alpha value is -3.43. The minimum Gasteiger partial charge on any atom is -0.378 e. The molecule has 10 heteroatoms. The molecule has 3 aliphatic rings. The largest absolute Gasteiger partial charge is 0.378 e. The van der Waals surface area contributed by atoms with Gasteiger partial charge >= 0.3 is 0 Å². The lowest BCUT2D eigenvalue weighted by Crippen LogP contribution is -2.43. The molecule has 1 unspecified atom stereocenters. The summed E-state index contributed by atoms with van der Waals surface area (Å²) >= 11 is 6.16. The van der Waals surface area contributed by atoms with Crippen molar-refractivity contribution in [2.24, 2.45) is 0 Å². The van der Waals surface area contributed by atoms with Crippen LogP contribution in [-0.4, -0.2) is 54.1 Å². The molecule has 198 valence electrons. The van der Waals surface area contributed by atoms with Crippen LogP contribution in [0.2, 0.25) is 0 Å². The number of alkyl halides is 1. The number of carbonyl (C=O) groups excluding carboxylic acids is 1. The summed E-state index contributed by atoms with van der Waals surface area (Å²) in [7, 11) is 0. The van der Waals surface area contributed by atoms with E-state index in [-0.39, 0.29) is 23.1 Å². The zero-order valence-corrected chi connectivity index (χ0v) is 22.0. The average Bonchev–Trinajstić information content (AvgIpc) is 3.26. The smallest absolute Gasteiger partial charge is 0.244 e. The number of nitrogens with zero attached hydrogens (tertiary/aromatic N) is 4. The first-order valence-corrected chi connectivity index (χ1v) is 13.4.